The fourth-order valence-electron chi connectivity index (χ4n) is 2.34. The van der Waals surface area contributed by atoms with Gasteiger partial charge in [0, 0.05) is 20.1 Å². The lowest BCUT2D eigenvalue weighted by Crippen LogP contribution is -2.41. The number of likely N-dealkylation sites (tertiary alicyclic amines) is 1. The van der Waals surface area contributed by atoms with Gasteiger partial charge >= 0.3 is 6.09 Å². The highest BCUT2D eigenvalue weighted by molar-refractivity contribution is 5.67. The summed E-state index contributed by atoms with van der Waals surface area (Å²) in [4.78, 5) is 16.0. The number of carbonyl (C=O) groups excluding carboxylic acids is 1. The zero-order valence-corrected chi connectivity index (χ0v) is 12.8. The summed E-state index contributed by atoms with van der Waals surface area (Å²) in [5.74, 6) is 0.582. The summed E-state index contributed by atoms with van der Waals surface area (Å²) in [6, 6.07) is 0. The molecule has 4 nitrogen and oxygen atoms in total. The van der Waals surface area contributed by atoms with Crippen LogP contribution < -0.4 is 0 Å². The highest BCUT2D eigenvalue weighted by atomic mass is 16.6. The van der Waals surface area contributed by atoms with Gasteiger partial charge in [0.2, 0.25) is 0 Å². The van der Waals surface area contributed by atoms with Crippen molar-refractivity contribution in [2.75, 3.05) is 33.2 Å². The van der Waals surface area contributed by atoms with E-state index >= 15 is 0 Å². The fraction of sp³-hybridized carbons (Fsp3) is 0.800. The second-order valence-corrected chi connectivity index (χ2v) is 6.39. The van der Waals surface area contributed by atoms with Crippen molar-refractivity contribution in [3.8, 4) is 0 Å². The maximum atomic E-state index is 11.9. The van der Waals surface area contributed by atoms with Crippen LogP contribution in [0, 0.1) is 5.92 Å². The van der Waals surface area contributed by atoms with Crippen LogP contribution in [0.2, 0.25) is 0 Å². The zero-order chi connectivity index (χ0) is 14.5. The van der Waals surface area contributed by atoms with Crippen LogP contribution in [0.5, 0.6) is 0 Å². The molecule has 0 radical (unpaired) electrons. The van der Waals surface area contributed by atoms with Gasteiger partial charge in [-0.15, -0.1) is 6.58 Å². The number of hydrogen-bond acceptors (Lipinski definition) is 3. The lowest BCUT2D eigenvalue weighted by molar-refractivity contribution is 0.0252. The van der Waals surface area contributed by atoms with E-state index in [2.05, 4.69) is 11.5 Å². The Morgan fingerprint density at radius 1 is 1.42 bits per heavy atom. The van der Waals surface area contributed by atoms with Gasteiger partial charge in [-0.25, -0.2) is 4.79 Å². The van der Waals surface area contributed by atoms with Gasteiger partial charge in [0.15, 0.2) is 0 Å². The molecule has 1 fully saturated rings. The third kappa shape index (κ3) is 6.10. The molecule has 1 saturated heterocycles. The lowest BCUT2D eigenvalue weighted by Gasteiger charge is -2.33. The van der Waals surface area contributed by atoms with E-state index in [0.29, 0.717) is 5.92 Å². The number of hydrogen-bond donors (Lipinski definition) is 0. The van der Waals surface area contributed by atoms with Crippen LogP contribution in [-0.2, 0) is 4.74 Å². The molecule has 0 aromatic rings. The largest absolute Gasteiger partial charge is 0.444 e. The maximum absolute atomic E-state index is 11.9. The molecular formula is C15H28N2O2. The van der Waals surface area contributed by atoms with Crippen LogP contribution in [0.25, 0.3) is 0 Å². The van der Waals surface area contributed by atoms with Crippen molar-refractivity contribution in [3.63, 3.8) is 0 Å². The van der Waals surface area contributed by atoms with Crippen LogP contribution in [0.1, 0.15) is 33.6 Å². The predicted octanol–water partition coefficient (Wildman–Crippen LogP) is 2.75. The van der Waals surface area contributed by atoms with Gasteiger partial charge in [-0.05, 0) is 52.6 Å². The van der Waals surface area contributed by atoms with Crippen molar-refractivity contribution in [2.24, 2.45) is 5.92 Å². The number of nitrogens with zero attached hydrogens (tertiary/aromatic N) is 2. The number of ether oxygens (including phenoxy) is 1. The molecule has 0 atom stereocenters. The molecule has 0 aromatic heterocycles. The molecule has 0 aliphatic carbocycles. The van der Waals surface area contributed by atoms with Crippen molar-refractivity contribution < 1.29 is 9.53 Å². The van der Waals surface area contributed by atoms with Crippen molar-refractivity contribution >= 4 is 6.09 Å². The van der Waals surface area contributed by atoms with E-state index in [1.165, 1.54) is 0 Å². The van der Waals surface area contributed by atoms with Crippen molar-refractivity contribution in [1.82, 2.24) is 9.80 Å². The van der Waals surface area contributed by atoms with Crippen LogP contribution in [0.4, 0.5) is 4.79 Å². The Kier molecular flexibility index (Phi) is 5.85. The van der Waals surface area contributed by atoms with E-state index in [1.54, 1.807) is 4.90 Å². The minimum Gasteiger partial charge on any atom is -0.444 e. The van der Waals surface area contributed by atoms with Gasteiger partial charge in [0.1, 0.15) is 5.60 Å². The second-order valence-electron chi connectivity index (χ2n) is 6.39. The van der Waals surface area contributed by atoms with Gasteiger partial charge in [0.25, 0.3) is 0 Å². The first-order chi connectivity index (χ1) is 8.81. The van der Waals surface area contributed by atoms with Crippen molar-refractivity contribution in [2.45, 2.75) is 39.2 Å². The fourth-order valence-corrected chi connectivity index (χ4v) is 2.34. The van der Waals surface area contributed by atoms with E-state index in [1.807, 2.05) is 33.9 Å². The maximum Gasteiger partial charge on any atom is 0.410 e. The molecule has 110 valence electrons. The Morgan fingerprint density at radius 2 is 2.00 bits per heavy atom. The van der Waals surface area contributed by atoms with E-state index in [9.17, 15) is 4.79 Å². The van der Waals surface area contributed by atoms with E-state index in [4.69, 9.17) is 4.74 Å². The van der Waals surface area contributed by atoms with Gasteiger partial charge in [0.05, 0.1) is 0 Å². The third-order valence-corrected chi connectivity index (χ3v) is 3.33. The summed E-state index contributed by atoms with van der Waals surface area (Å²) in [5, 5.41) is 0. The number of rotatable bonds is 4. The first-order valence-corrected chi connectivity index (χ1v) is 7.09. The minimum atomic E-state index is -0.418. The van der Waals surface area contributed by atoms with Crippen molar-refractivity contribution in [3.05, 3.63) is 12.7 Å². The Labute approximate surface area is 117 Å². The second kappa shape index (κ2) is 6.94. The molecule has 0 aromatic carbocycles. The molecule has 1 heterocycles. The first kappa shape index (κ1) is 16.0. The predicted molar refractivity (Wildman–Crippen MR) is 78.2 cm³/mol. The van der Waals surface area contributed by atoms with Gasteiger partial charge < -0.3 is 9.64 Å². The van der Waals surface area contributed by atoms with E-state index < -0.39 is 5.60 Å². The van der Waals surface area contributed by atoms with Gasteiger partial charge in [-0.2, -0.15) is 0 Å². The average molecular weight is 268 g/mol. The molecule has 1 amide bonds. The zero-order valence-electron chi connectivity index (χ0n) is 12.8. The van der Waals surface area contributed by atoms with Crippen LogP contribution >= 0.6 is 0 Å². The molecular weight excluding hydrogens is 240 g/mol. The number of carbonyl (C=O) groups is 1. The summed E-state index contributed by atoms with van der Waals surface area (Å²) in [6.45, 7) is 13.4. The topological polar surface area (TPSA) is 32.8 Å². The highest BCUT2D eigenvalue weighted by Crippen LogP contribution is 2.19. The Bertz CT molecular complexity index is 302. The quantitative estimate of drug-likeness (QED) is 0.735. The van der Waals surface area contributed by atoms with Crippen LogP contribution in [0.15, 0.2) is 12.7 Å². The molecule has 0 bridgehead atoms. The SMILES string of the molecule is C=CCN1CCC(CN(C)C(=O)OC(C)(C)C)CC1. The van der Waals surface area contributed by atoms with Crippen LogP contribution in [0.3, 0.4) is 0 Å². The standard InChI is InChI=1S/C15H28N2O2/c1-6-9-17-10-7-13(8-11-17)12-16(5)14(18)19-15(2,3)4/h6,13H,1,7-12H2,2-5H3. The smallest absolute Gasteiger partial charge is 0.410 e. The molecule has 0 saturated carbocycles. The van der Waals surface area contributed by atoms with E-state index in [0.717, 1.165) is 39.0 Å². The summed E-state index contributed by atoms with van der Waals surface area (Å²) in [7, 11) is 1.82. The first-order valence-electron chi connectivity index (χ1n) is 7.09. The molecule has 1 aliphatic heterocycles. The summed E-state index contributed by atoms with van der Waals surface area (Å²) >= 11 is 0. The number of amides is 1. The number of piperidine rings is 1. The molecule has 0 spiro atoms. The van der Waals surface area contributed by atoms with E-state index in [-0.39, 0.29) is 6.09 Å². The monoisotopic (exact) mass is 268 g/mol. The minimum absolute atomic E-state index is 0.221. The van der Waals surface area contributed by atoms with Crippen LogP contribution in [-0.4, -0.2) is 54.7 Å². The highest BCUT2D eigenvalue weighted by Gasteiger charge is 2.24. The summed E-state index contributed by atoms with van der Waals surface area (Å²) < 4.78 is 5.36. The summed E-state index contributed by atoms with van der Waals surface area (Å²) in [5.41, 5.74) is -0.418. The molecule has 0 unspecified atom stereocenters. The molecule has 4 heteroatoms. The van der Waals surface area contributed by atoms with Gasteiger partial charge in [-0.1, -0.05) is 6.08 Å². The lowest BCUT2D eigenvalue weighted by atomic mass is 9.96. The molecule has 0 N–H and O–H groups in total. The molecule has 19 heavy (non-hydrogen) atoms. The normalized spacial score (nSPS) is 18.1. The summed E-state index contributed by atoms with van der Waals surface area (Å²) in [6.07, 6.45) is 4.01. The Hall–Kier alpha value is -1.03. The Morgan fingerprint density at radius 3 is 2.47 bits per heavy atom. The van der Waals surface area contributed by atoms with Gasteiger partial charge in [-0.3, -0.25) is 4.90 Å². The Balaban J connectivity index is 2.32. The molecule has 1 rings (SSSR count). The van der Waals surface area contributed by atoms with Crippen molar-refractivity contribution in [1.29, 1.82) is 0 Å². The average Bonchev–Trinajstić information content (AvgIpc) is 2.29. The molecule has 1 aliphatic rings. The third-order valence-electron chi connectivity index (χ3n) is 3.33.